The Hall–Kier alpha value is -0.910. The summed E-state index contributed by atoms with van der Waals surface area (Å²) in [7, 11) is -3.68. The second kappa shape index (κ2) is 5.25. The summed E-state index contributed by atoms with van der Waals surface area (Å²) < 4.78 is 27.8. The van der Waals surface area contributed by atoms with E-state index in [1.165, 1.54) is 12.1 Å². The molecule has 15 heavy (non-hydrogen) atoms. The summed E-state index contributed by atoms with van der Waals surface area (Å²) in [6.45, 7) is 3.79. The van der Waals surface area contributed by atoms with Gasteiger partial charge in [0.2, 0.25) is 0 Å². The Bertz CT molecular complexity index is 388. The number of hydrogen-bond donors (Lipinski definition) is 1. The van der Waals surface area contributed by atoms with Crippen LogP contribution < -0.4 is 5.48 Å². The van der Waals surface area contributed by atoms with Crippen LogP contribution in [0.1, 0.15) is 20.3 Å². The molecule has 4 nitrogen and oxygen atoms in total. The molecule has 0 spiro atoms. The molecule has 84 valence electrons. The highest BCUT2D eigenvalue weighted by Gasteiger charge is 2.15. The molecule has 1 unspecified atom stereocenters. The van der Waals surface area contributed by atoms with Crippen LogP contribution in [-0.4, -0.2) is 14.5 Å². The molecule has 1 aromatic carbocycles. The molecule has 1 aromatic rings. The second-order valence-electron chi connectivity index (χ2n) is 3.28. The van der Waals surface area contributed by atoms with Crippen LogP contribution in [0.5, 0.6) is 0 Å². The van der Waals surface area contributed by atoms with Crippen molar-refractivity contribution in [2.75, 3.05) is 0 Å². The van der Waals surface area contributed by atoms with Gasteiger partial charge in [-0.1, -0.05) is 25.1 Å². The first-order valence-electron chi connectivity index (χ1n) is 4.80. The molecule has 0 radical (unpaired) electrons. The Morgan fingerprint density at radius 3 is 2.47 bits per heavy atom. The van der Waals surface area contributed by atoms with Crippen molar-refractivity contribution in [2.45, 2.75) is 31.2 Å². The topological polar surface area (TPSA) is 55.4 Å². The molecule has 0 saturated carbocycles. The Morgan fingerprint density at radius 1 is 1.33 bits per heavy atom. The quantitative estimate of drug-likeness (QED) is 0.781. The van der Waals surface area contributed by atoms with E-state index in [0.717, 1.165) is 6.42 Å². The predicted molar refractivity (Wildman–Crippen MR) is 57.6 cm³/mol. The maximum Gasteiger partial charge on any atom is 0.312 e. The van der Waals surface area contributed by atoms with Crippen LogP contribution in [0.25, 0.3) is 0 Å². The van der Waals surface area contributed by atoms with Crippen LogP contribution in [0.2, 0.25) is 0 Å². The van der Waals surface area contributed by atoms with Crippen molar-refractivity contribution in [2.24, 2.45) is 0 Å². The van der Waals surface area contributed by atoms with Gasteiger partial charge >= 0.3 is 10.1 Å². The van der Waals surface area contributed by atoms with Gasteiger partial charge in [-0.3, -0.25) is 0 Å². The van der Waals surface area contributed by atoms with E-state index in [1.54, 1.807) is 18.2 Å². The highest BCUT2D eigenvalue weighted by molar-refractivity contribution is 7.86. The van der Waals surface area contributed by atoms with E-state index < -0.39 is 10.1 Å². The molecule has 0 saturated heterocycles. The van der Waals surface area contributed by atoms with Crippen molar-refractivity contribution in [1.29, 1.82) is 0 Å². The standard InChI is InChI=1S/C10H15NO3S/c1-3-9(2)11-14-15(12,13)10-7-5-4-6-8-10/h4-9,11H,3H2,1-2H3. The first kappa shape index (κ1) is 12.2. The van der Waals surface area contributed by atoms with Crippen molar-refractivity contribution >= 4 is 10.1 Å². The average molecular weight is 229 g/mol. The van der Waals surface area contributed by atoms with E-state index in [-0.39, 0.29) is 10.9 Å². The zero-order valence-corrected chi connectivity index (χ0v) is 9.62. The maximum atomic E-state index is 11.6. The smallest absolute Gasteiger partial charge is 0.192 e. The van der Waals surface area contributed by atoms with Crippen LogP contribution in [0, 0.1) is 0 Å². The van der Waals surface area contributed by atoms with Crippen molar-refractivity contribution in [3.8, 4) is 0 Å². The van der Waals surface area contributed by atoms with Crippen LogP contribution in [0.3, 0.4) is 0 Å². The first-order valence-corrected chi connectivity index (χ1v) is 6.21. The molecule has 0 aliphatic carbocycles. The predicted octanol–water partition coefficient (Wildman–Crippen LogP) is 1.70. The summed E-state index contributed by atoms with van der Waals surface area (Å²) in [6, 6.07) is 8.05. The molecule has 0 amide bonds. The Morgan fingerprint density at radius 2 is 1.93 bits per heavy atom. The Kier molecular flexibility index (Phi) is 4.26. The zero-order chi connectivity index (χ0) is 11.3. The minimum Gasteiger partial charge on any atom is -0.192 e. The summed E-state index contributed by atoms with van der Waals surface area (Å²) in [5.41, 5.74) is 2.48. The molecule has 5 heteroatoms. The highest BCUT2D eigenvalue weighted by Crippen LogP contribution is 2.10. The zero-order valence-electron chi connectivity index (χ0n) is 8.80. The van der Waals surface area contributed by atoms with E-state index >= 15 is 0 Å². The van der Waals surface area contributed by atoms with Gasteiger partial charge in [-0.2, -0.15) is 18.2 Å². The summed E-state index contributed by atoms with van der Waals surface area (Å²) in [5, 5.41) is 0. The van der Waals surface area contributed by atoms with Gasteiger partial charge in [0, 0.05) is 6.04 Å². The lowest BCUT2D eigenvalue weighted by molar-refractivity contribution is 0.167. The fraction of sp³-hybridized carbons (Fsp3) is 0.400. The SMILES string of the molecule is CCC(C)NOS(=O)(=O)c1ccccc1. The van der Waals surface area contributed by atoms with Gasteiger partial charge in [0.25, 0.3) is 0 Å². The fourth-order valence-electron chi connectivity index (χ4n) is 0.864. The highest BCUT2D eigenvalue weighted by atomic mass is 32.2. The van der Waals surface area contributed by atoms with E-state index in [1.807, 2.05) is 13.8 Å². The first-order chi connectivity index (χ1) is 7.06. The number of benzene rings is 1. The van der Waals surface area contributed by atoms with E-state index in [2.05, 4.69) is 5.48 Å². The van der Waals surface area contributed by atoms with Crippen molar-refractivity contribution in [1.82, 2.24) is 5.48 Å². The summed E-state index contributed by atoms with van der Waals surface area (Å²) in [4.78, 5) is 0.154. The minimum atomic E-state index is -3.68. The average Bonchev–Trinajstić information content (AvgIpc) is 2.27. The molecule has 1 atom stereocenters. The molecule has 1 N–H and O–H groups in total. The van der Waals surface area contributed by atoms with Crippen LogP contribution in [-0.2, 0) is 14.4 Å². The molecule has 0 aliphatic heterocycles. The van der Waals surface area contributed by atoms with Gasteiger partial charge in [-0.05, 0) is 25.5 Å². The fourth-order valence-corrected chi connectivity index (χ4v) is 1.74. The molecular formula is C10H15NO3S. The van der Waals surface area contributed by atoms with E-state index in [0.29, 0.717) is 0 Å². The molecule has 0 fully saturated rings. The monoisotopic (exact) mass is 229 g/mol. The van der Waals surface area contributed by atoms with Crippen LogP contribution >= 0.6 is 0 Å². The largest absolute Gasteiger partial charge is 0.312 e. The van der Waals surface area contributed by atoms with Crippen LogP contribution in [0.15, 0.2) is 35.2 Å². The minimum absolute atomic E-state index is 0.00323. The van der Waals surface area contributed by atoms with E-state index in [9.17, 15) is 8.42 Å². The molecule has 0 aromatic heterocycles. The third-order valence-corrected chi connectivity index (χ3v) is 3.17. The second-order valence-corrected chi connectivity index (χ2v) is 4.82. The number of hydroxylamine groups is 1. The third kappa shape index (κ3) is 3.62. The lowest BCUT2D eigenvalue weighted by Gasteiger charge is -2.10. The van der Waals surface area contributed by atoms with Crippen molar-refractivity contribution < 1.29 is 12.7 Å². The van der Waals surface area contributed by atoms with Gasteiger partial charge in [-0.15, -0.1) is 0 Å². The molecular weight excluding hydrogens is 214 g/mol. The summed E-state index contributed by atoms with van der Waals surface area (Å²) in [5.74, 6) is 0. The van der Waals surface area contributed by atoms with Crippen LogP contribution in [0.4, 0.5) is 0 Å². The number of rotatable bonds is 5. The lowest BCUT2D eigenvalue weighted by atomic mass is 10.3. The lowest BCUT2D eigenvalue weighted by Crippen LogP contribution is -2.28. The summed E-state index contributed by atoms with van der Waals surface area (Å²) >= 11 is 0. The van der Waals surface area contributed by atoms with Gasteiger partial charge < -0.3 is 0 Å². The van der Waals surface area contributed by atoms with Crippen molar-refractivity contribution in [3.05, 3.63) is 30.3 Å². The Balaban J connectivity index is 2.69. The molecule has 0 heterocycles. The van der Waals surface area contributed by atoms with Gasteiger partial charge in [-0.25, -0.2) is 0 Å². The summed E-state index contributed by atoms with van der Waals surface area (Å²) in [6.07, 6.45) is 0.796. The van der Waals surface area contributed by atoms with E-state index in [4.69, 9.17) is 4.28 Å². The molecule has 0 bridgehead atoms. The Labute approximate surface area is 90.3 Å². The maximum absolute atomic E-state index is 11.6. The van der Waals surface area contributed by atoms with Gasteiger partial charge in [0.05, 0.1) is 4.90 Å². The molecule has 0 aliphatic rings. The molecule has 1 rings (SSSR count). The normalized spacial score (nSPS) is 13.7. The number of nitrogens with one attached hydrogen (secondary N) is 1. The third-order valence-electron chi connectivity index (χ3n) is 2.00. The van der Waals surface area contributed by atoms with Crippen molar-refractivity contribution in [3.63, 3.8) is 0 Å². The van der Waals surface area contributed by atoms with Gasteiger partial charge in [0.1, 0.15) is 0 Å². The number of hydrogen-bond acceptors (Lipinski definition) is 4. The van der Waals surface area contributed by atoms with Gasteiger partial charge in [0.15, 0.2) is 0 Å².